The van der Waals surface area contributed by atoms with Gasteiger partial charge in [-0.05, 0) is 46.2 Å². The molecule has 0 aliphatic carbocycles. The molecule has 1 N–H and O–H groups in total. The predicted molar refractivity (Wildman–Crippen MR) is 67.2 cm³/mol. The van der Waals surface area contributed by atoms with E-state index in [-0.39, 0.29) is 17.2 Å². The Balaban J connectivity index is 2.40. The lowest BCUT2D eigenvalue weighted by atomic mass is 9.90. The van der Waals surface area contributed by atoms with Crippen LogP contribution in [0.25, 0.3) is 0 Å². The Kier molecular flexibility index (Phi) is 4.95. The van der Waals surface area contributed by atoms with Gasteiger partial charge in [0.1, 0.15) is 0 Å². The maximum absolute atomic E-state index is 11.6. The molecule has 1 fully saturated rings. The molecular weight excluding hydrogens is 214 g/mol. The molecule has 0 aromatic rings. The molecule has 1 amide bonds. The number of amides is 1. The molecule has 4 nitrogen and oxygen atoms in total. The average Bonchev–Trinajstić information content (AvgIpc) is 2.36. The van der Waals surface area contributed by atoms with Crippen molar-refractivity contribution in [2.24, 2.45) is 11.3 Å². The van der Waals surface area contributed by atoms with Gasteiger partial charge in [-0.2, -0.15) is 5.26 Å². The number of nitriles is 1. The van der Waals surface area contributed by atoms with Crippen LogP contribution in [0.1, 0.15) is 33.1 Å². The van der Waals surface area contributed by atoms with Gasteiger partial charge in [0.25, 0.3) is 0 Å². The Bertz CT molecular complexity index is 306. The van der Waals surface area contributed by atoms with Crippen molar-refractivity contribution < 1.29 is 4.79 Å². The van der Waals surface area contributed by atoms with Crippen LogP contribution in [0.3, 0.4) is 0 Å². The molecule has 96 valence electrons. The fraction of sp³-hybridized carbons (Fsp3) is 0.846. The van der Waals surface area contributed by atoms with E-state index < -0.39 is 0 Å². The molecule has 1 aliphatic heterocycles. The third-order valence-corrected chi connectivity index (χ3v) is 3.48. The molecule has 1 rings (SSSR count). The number of carbonyl (C=O) groups excluding carboxylic acids is 1. The van der Waals surface area contributed by atoms with Crippen LogP contribution in [0.5, 0.6) is 0 Å². The summed E-state index contributed by atoms with van der Waals surface area (Å²) in [6.45, 7) is 6.73. The van der Waals surface area contributed by atoms with E-state index in [1.165, 1.54) is 0 Å². The molecule has 4 heteroatoms. The number of piperidine rings is 1. The molecule has 1 atom stereocenters. The van der Waals surface area contributed by atoms with Gasteiger partial charge in [0.05, 0.1) is 17.4 Å². The second-order valence-electron chi connectivity index (χ2n) is 5.50. The van der Waals surface area contributed by atoms with Gasteiger partial charge in [-0.25, -0.2) is 0 Å². The van der Waals surface area contributed by atoms with Gasteiger partial charge in [0.2, 0.25) is 5.91 Å². The minimum atomic E-state index is -0.264. The summed E-state index contributed by atoms with van der Waals surface area (Å²) in [5.74, 6) is 0.271. The zero-order valence-electron chi connectivity index (χ0n) is 11.1. The van der Waals surface area contributed by atoms with Gasteiger partial charge in [-0.1, -0.05) is 0 Å². The average molecular weight is 237 g/mol. The van der Waals surface area contributed by atoms with Crippen LogP contribution in [0.15, 0.2) is 0 Å². The maximum atomic E-state index is 11.6. The highest BCUT2D eigenvalue weighted by Gasteiger charge is 2.26. The summed E-state index contributed by atoms with van der Waals surface area (Å²) in [6.07, 6.45) is 2.92. The molecule has 1 heterocycles. The lowest BCUT2D eigenvalue weighted by Gasteiger charge is -2.33. The van der Waals surface area contributed by atoms with E-state index in [9.17, 15) is 4.79 Å². The molecule has 1 aliphatic rings. The van der Waals surface area contributed by atoms with Crippen molar-refractivity contribution in [2.45, 2.75) is 33.1 Å². The first-order valence-electron chi connectivity index (χ1n) is 6.34. The summed E-state index contributed by atoms with van der Waals surface area (Å²) in [6, 6.07) is 2.32. The van der Waals surface area contributed by atoms with E-state index in [1.807, 2.05) is 13.8 Å². The van der Waals surface area contributed by atoms with Crippen molar-refractivity contribution >= 4 is 5.91 Å². The summed E-state index contributed by atoms with van der Waals surface area (Å²) >= 11 is 0. The molecule has 0 bridgehead atoms. The number of rotatable bonds is 4. The lowest BCUT2D eigenvalue weighted by molar-refractivity contribution is -0.126. The number of nitrogens with zero attached hydrogens (tertiary/aromatic N) is 2. The molecular formula is C13H23N3O. The molecule has 0 aromatic heterocycles. The Morgan fingerprint density at radius 3 is 2.88 bits per heavy atom. The Morgan fingerprint density at radius 2 is 2.29 bits per heavy atom. The molecule has 0 spiro atoms. The SMILES string of the molecule is CNC(=O)C1CCCN(CCC(C)(C)C#N)C1. The normalized spacial score (nSPS) is 21.9. The number of hydrogen-bond donors (Lipinski definition) is 1. The largest absolute Gasteiger partial charge is 0.359 e. The maximum Gasteiger partial charge on any atom is 0.224 e. The number of hydrogen-bond acceptors (Lipinski definition) is 3. The minimum absolute atomic E-state index is 0.124. The standard InChI is InChI=1S/C13H23N3O/c1-13(2,10-14)6-8-16-7-4-5-11(9-16)12(17)15-3/h11H,4-9H2,1-3H3,(H,15,17). The summed E-state index contributed by atoms with van der Waals surface area (Å²) in [5, 5.41) is 11.7. The zero-order chi connectivity index (χ0) is 12.9. The van der Waals surface area contributed by atoms with Gasteiger partial charge >= 0.3 is 0 Å². The number of carbonyl (C=O) groups is 1. The first kappa shape index (κ1) is 14.0. The molecule has 0 radical (unpaired) electrons. The Hall–Kier alpha value is -1.08. The van der Waals surface area contributed by atoms with Crippen LogP contribution < -0.4 is 5.32 Å². The number of likely N-dealkylation sites (tertiary alicyclic amines) is 1. The minimum Gasteiger partial charge on any atom is -0.359 e. The zero-order valence-corrected chi connectivity index (χ0v) is 11.1. The van der Waals surface area contributed by atoms with Crippen molar-refractivity contribution in [1.29, 1.82) is 5.26 Å². The second-order valence-corrected chi connectivity index (χ2v) is 5.50. The highest BCUT2D eigenvalue weighted by Crippen LogP contribution is 2.22. The summed E-state index contributed by atoms with van der Waals surface area (Å²) in [5.41, 5.74) is -0.264. The first-order valence-corrected chi connectivity index (χ1v) is 6.34. The monoisotopic (exact) mass is 237 g/mol. The molecule has 17 heavy (non-hydrogen) atoms. The number of nitrogens with one attached hydrogen (secondary N) is 1. The van der Waals surface area contributed by atoms with Gasteiger partial charge in [0, 0.05) is 13.6 Å². The smallest absolute Gasteiger partial charge is 0.224 e. The van der Waals surface area contributed by atoms with Gasteiger partial charge in [-0.15, -0.1) is 0 Å². The molecule has 0 aromatic carbocycles. The van der Waals surface area contributed by atoms with Gasteiger partial charge < -0.3 is 10.2 Å². The summed E-state index contributed by atoms with van der Waals surface area (Å²) in [7, 11) is 1.69. The Morgan fingerprint density at radius 1 is 1.59 bits per heavy atom. The van der Waals surface area contributed by atoms with Gasteiger partial charge in [-0.3, -0.25) is 4.79 Å². The topological polar surface area (TPSA) is 56.1 Å². The van der Waals surface area contributed by atoms with E-state index in [0.29, 0.717) is 0 Å². The van der Waals surface area contributed by atoms with Crippen LogP contribution in [0, 0.1) is 22.7 Å². The van der Waals surface area contributed by atoms with E-state index >= 15 is 0 Å². The van der Waals surface area contributed by atoms with Crippen molar-refractivity contribution in [3.05, 3.63) is 0 Å². The van der Waals surface area contributed by atoms with E-state index in [4.69, 9.17) is 5.26 Å². The van der Waals surface area contributed by atoms with Crippen molar-refractivity contribution in [1.82, 2.24) is 10.2 Å². The second kappa shape index (κ2) is 6.02. The van der Waals surface area contributed by atoms with Gasteiger partial charge in [0.15, 0.2) is 0 Å². The third kappa shape index (κ3) is 4.35. The van der Waals surface area contributed by atoms with Crippen LogP contribution in [0.2, 0.25) is 0 Å². The van der Waals surface area contributed by atoms with E-state index in [2.05, 4.69) is 16.3 Å². The van der Waals surface area contributed by atoms with Crippen LogP contribution in [0.4, 0.5) is 0 Å². The fourth-order valence-electron chi connectivity index (χ4n) is 2.17. The highest BCUT2D eigenvalue weighted by atomic mass is 16.1. The van der Waals surface area contributed by atoms with Crippen LogP contribution in [-0.2, 0) is 4.79 Å². The fourth-order valence-corrected chi connectivity index (χ4v) is 2.17. The van der Waals surface area contributed by atoms with Crippen molar-refractivity contribution in [2.75, 3.05) is 26.7 Å². The molecule has 1 unspecified atom stereocenters. The van der Waals surface area contributed by atoms with Crippen LogP contribution >= 0.6 is 0 Å². The van der Waals surface area contributed by atoms with Crippen LogP contribution in [-0.4, -0.2) is 37.5 Å². The third-order valence-electron chi connectivity index (χ3n) is 3.48. The van der Waals surface area contributed by atoms with Crippen molar-refractivity contribution in [3.63, 3.8) is 0 Å². The van der Waals surface area contributed by atoms with E-state index in [0.717, 1.165) is 38.9 Å². The first-order chi connectivity index (χ1) is 7.98. The highest BCUT2D eigenvalue weighted by molar-refractivity contribution is 5.78. The molecule has 1 saturated heterocycles. The quantitative estimate of drug-likeness (QED) is 0.803. The Labute approximate surface area is 104 Å². The summed E-state index contributed by atoms with van der Waals surface area (Å²) < 4.78 is 0. The lowest BCUT2D eigenvalue weighted by Crippen LogP contribution is -2.43. The van der Waals surface area contributed by atoms with E-state index in [1.54, 1.807) is 7.05 Å². The molecule has 0 saturated carbocycles. The van der Waals surface area contributed by atoms with Crippen molar-refractivity contribution in [3.8, 4) is 6.07 Å². The summed E-state index contributed by atoms with van der Waals surface area (Å²) in [4.78, 5) is 13.9. The predicted octanol–water partition coefficient (Wildman–Crippen LogP) is 1.38.